The molecule has 0 radical (unpaired) electrons. The van der Waals surface area contributed by atoms with E-state index in [4.69, 9.17) is 14.2 Å². The molecule has 0 spiro atoms. The molecule has 1 fully saturated rings. The first kappa shape index (κ1) is 20.0. The lowest BCUT2D eigenvalue weighted by Crippen LogP contribution is -2.47. The molecular weight excluding hydrogens is 356 g/mol. The number of carbonyl (C=O) groups is 1. The number of nitrogens with zero attached hydrogens (tertiary/aromatic N) is 2. The van der Waals surface area contributed by atoms with E-state index >= 15 is 0 Å². The number of hydrogen-bond donors (Lipinski definition) is 0. The number of likely N-dealkylation sites (N-methyl/N-ethyl adjacent to an activating group) is 1. The maximum absolute atomic E-state index is 12.9. The van der Waals surface area contributed by atoms with Crippen LogP contribution >= 0.6 is 0 Å². The molecule has 0 bridgehead atoms. The fourth-order valence-electron chi connectivity index (χ4n) is 3.17. The van der Waals surface area contributed by atoms with Crippen molar-refractivity contribution in [3.8, 4) is 17.2 Å². The summed E-state index contributed by atoms with van der Waals surface area (Å²) < 4.78 is 16.9. The molecule has 6 heteroatoms. The van der Waals surface area contributed by atoms with Crippen molar-refractivity contribution in [2.75, 3.05) is 46.9 Å². The average molecular weight is 384 g/mol. The number of amides is 1. The molecule has 1 aliphatic rings. The van der Waals surface area contributed by atoms with Crippen LogP contribution in [0.1, 0.15) is 22.8 Å². The third-order valence-electron chi connectivity index (χ3n) is 4.83. The van der Waals surface area contributed by atoms with Gasteiger partial charge in [0.15, 0.2) is 0 Å². The average Bonchev–Trinajstić information content (AvgIpc) is 2.73. The van der Waals surface area contributed by atoms with Crippen LogP contribution in [0.25, 0.3) is 0 Å². The van der Waals surface area contributed by atoms with E-state index in [-0.39, 0.29) is 5.91 Å². The molecule has 2 aromatic rings. The summed E-state index contributed by atoms with van der Waals surface area (Å²) in [6, 6.07) is 13.0. The SMILES string of the molecule is CCOc1ccc(C(=O)N2CCN(C)CC2)cc1COc1cccc(OC)c1. The second-order valence-electron chi connectivity index (χ2n) is 6.82. The fourth-order valence-corrected chi connectivity index (χ4v) is 3.17. The molecule has 1 amide bonds. The predicted molar refractivity (Wildman–Crippen MR) is 108 cm³/mol. The van der Waals surface area contributed by atoms with Crippen LogP contribution in [0, 0.1) is 0 Å². The van der Waals surface area contributed by atoms with Gasteiger partial charge in [-0.1, -0.05) is 6.07 Å². The van der Waals surface area contributed by atoms with Crippen molar-refractivity contribution in [1.82, 2.24) is 9.80 Å². The van der Waals surface area contributed by atoms with Gasteiger partial charge in [0.25, 0.3) is 5.91 Å². The molecule has 0 saturated carbocycles. The van der Waals surface area contributed by atoms with E-state index in [0.29, 0.717) is 24.5 Å². The Morgan fingerprint density at radius 1 is 1.00 bits per heavy atom. The smallest absolute Gasteiger partial charge is 0.253 e. The zero-order valence-corrected chi connectivity index (χ0v) is 16.8. The molecule has 150 valence electrons. The van der Waals surface area contributed by atoms with Gasteiger partial charge in [0.05, 0.1) is 13.7 Å². The van der Waals surface area contributed by atoms with E-state index in [1.807, 2.05) is 54.3 Å². The summed E-state index contributed by atoms with van der Waals surface area (Å²) in [6.45, 7) is 6.10. The third kappa shape index (κ3) is 4.95. The predicted octanol–water partition coefficient (Wildman–Crippen LogP) is 3.06. The summed E-state index contributed by atoms with van der Waals surface area (Å²) in [6.07, 6.45) is 0. The summed E-state index contributed by atoms with van der Waals surface area (Å²) in [4.78, 5) is 17.0. The van der Waals surface area contributed by atoms with E-state index in [9.17, 15) is 4.79 Å². The summed E-state index contributed by atoms with van der Waals surface area (Å²) in [5.41, 5.74) is 1.52. The van der Waals surface area contributed by atoms with Crippen LogP contribution in [-0.2, 0) is 6.61 Å². The number of rotatable bonds is 7. The Morgan fingerprint density at radius 3 is 2.46 bits per heavy atom. The third-order valence-corrected chi connectivity index (χ3v) is 4.83. The van der Waals surface area contributed by atoms with Gasteiger partial charge >= 0.3 is 0 Å². The van der Waals surface area contributed by atoms with Crippen molar-refractivity contribution in [2.45, 2.75) is 13.5 Å². The monoisotopic (exact) mass is 384 g/mol. The molecule has 1 saturated heterocycles. The van der Waals surface area contributed by atoms with Gasteiger partial charge in [0.2, 0.25) is 0 Å². The lowest BCUT2D eigenvalue weighted by Gasteiger charge is -2.32. The number of hydrogen-bond acceptors (Lipinski definition) is 5. The van der Waals surface area contributed by atoms with Gasteiger partial charge in [-0.2, -0.15) is 0 Å². The Hall–Kier alpha value is -2.73. The number of methoxy groups -OCH3 is 1. The quantitative estimate of drug-likeness (QED) is 0.734. The summed E-state index contributed by atoms with van der Waals surface area (Å²) in [5.74, 6) is 2.23. The second-order valence-corrected chi connectivity index (χ2v) is 6.82. The van der Waals surface area contributed by atoms with Crippen LogP contribution < -0.4 is 14.2 Å². The van der Waals surface area contributed by atoms with Crippen molar-refractivity contribution < 1.29 is 19.0 Å². The second kappa shape index (κ2) is 9.46. The number of piperazine rings is 1. The molecular formula is C22H28N2O4. The van der Waals surface area contributed by atoms with Crippen molar-refractivity contribution in [3.05, 3.63) is 53.6 Å². The number of carbonyl (C=O) groups excluding carboxylic acids is 1. The Balaban J connectivity index is 1.76. The topological polar surface area (TPSA) is 51.2 Å². The highest BCUT2D eigenvalue weighted by molar-refractivity contribution is 5.94. The van der Waals surface area contributed by atoms with E-state index in [1.165, 1.54) is 0 Å². The van der Waals surface area contributed by atoms with Gasteiger partial charge in [-0.25, -0.2) is 0 Å². The van der Waals surface area contributed by atoms with E-state index in [1.54, 1.807) is 7.11 Å². The zero-order chi connectivity index (χ0) is 19.9. The van der Waals surface area contributed by atoms with Crippen molar-refractivity contribution in [2.24, 2.45) is 0 Å². The van der Waals surface area contributed by atoms with Crippen LogP contribution in [0.4, 0.5) is 0 Å². The minimum absolute atomic E-state index is 0.0544. The molecule has 0 atom stereocenters. The van der Waals surface area contributed by atoms with Gasteiger partial charge in [0, 0.05) is 43.4 Å². The highest BCUT2D eigenvalue weighted by atomic mass is 16.5. The Bertz CT molecular complexity index is 801. The first-order valence-corrected chi connectivity index (χ1v) is 9.61. The van der Waals surface area contributed by atoms with Crippen LogP contribution in [0.2, 0.25) is 0 Å². The maximum atomic E-state index is 12.9. The minimum atomic E-state index is 0.0544. The van der Waals surface area contributed by atoms with Crippen LogP contribution in [-0.4, -0.2) is 62.7 Å². The largest absolute Gasteiger partial charge is 0.497 e. The van der Waals surface area contributed by atoms with Gasteiger partial charge in [-0.3, -0.25) is 4.79 Å². The van der Waals surface area contributed by atoms with Crippen LogP contribution in [0.3, 0.4) is 0 Å². The molecule has 3 rings (SSSR count). The first-order valence-electron chi connectivity index (χ1n) is 9.61. The van der Waals surface area contributed by atoms with Crippen molar-refractivity contribution >= 4 is 5.91 Å². The zero-order valence-electron chi connectivity index (χ0n) is 16.8. The van der Waals surface area contributed by atoms with E-state index < -0.39 is 0 Å². The molecule has 0 unspecified atom stereocenters. The Kier molecular flexibility index (Phi) is 6.76. The van der Waals surface area contributed by atoms with Gasteiger partial charge < -0.3 is 24.0 Å². The van der Waals surface area contributed by atoms with Gasteiger partial charge in [-0.15, -0.1) is 0 Å². The molecule has 2 aromatic carbocycles. The molecule has 1 aliphatic heterocycles. The normalized spacial score (nSPS) is 14.6. The standard InChI is InChI=1S/C22H28N2O4/c1-4-27-21-9-8-17(22(25)24-12-10-23(2)11-13-24)14-18(21)16-28-20-7-5-6-19(15-20)26-3/h5-9,14-15H,4,10-13,16H2,1-3H3. The lowest BCUT2D eigenvalue weighted by atomic mass is 10.1. The minimum Gasteiger partial charge on any atom is -0.497 e. The van der Waals surface area contributed by atoms with E-state index in [2.05, 4.69) is 11.9 Å². The molecule has 28 heavy (non-hydrogen) atoms. The number of benzene rings is 2. The van der Waals surface area contributed by atoms with Crippen molar-refractivity contribution in [3.63, 3.8) is 0 Å². The van der Waals surface area contributed by atoms with E-state index in [0.717, 1.165) is 43.2 Å². The summed E-state index contributed by atoms with van der Waals surface area (Å²) in [7, 11) is 3.70. The molecule has 0 aliphatic carbocycles. The number of ether oxygens (including phenoxy) is 3. The Morgan fingerprint density at radius 2 is 1.75 bits per heavy atom. The lowest BCUT2D eigenvalue weighted by molar-refractivity contribution is 0.0664. The van der Waals surface area contributed by atoms with Gasteiger partial charge in [0.1, 0.15) is 23.9 Å². The van der Waals surface area contributed by atoms with Crippen molar-refractivity contribution in [1.29, 1.82) is 0 Å². The Labute approximate surface area is 166 Å². The summed E-state index contributed by atoms with van der Waals surface area (Å²) >= 11 is 0. The highest BCUT2D eigenvalue weighted by Gasteiger charge is 2.21. The van der Waals surface area contributed by atoms with Gasteiger partial charge in [-0.05, 0) is 44.3 Å². The first-order chi connectivity index (χ1) is 13.6. The maximum Gasteiger partial charge on any atom is 0.253 e. The highest BCUT2D eigenvalue weighted by Crippen LogP contribution is 2.25. The molecule has 0 N–H and O–H groups in total. The molecule has 0 aromatic heterocycles. The molecule has 6 nitrogen and oxygen atoms in total. The van der Waals surface area contributed by atoms with Crippen LogP contribution in [0.15, 0.2) is 42.5 Å². The fraction of sp³-hybridized carbons (Fsp3) is 0.409. The summed E-state index contributed by atoms with van der Waals surface area (Å²) in [5, 5.41) is 0. The van der Waals surface area contributed by atoms with Crippen LogP contribution in [0.5, 0.6) is 17.2 Å². The molecule has 1 heterocycles.